The Bertz CT molecular complexity index is 754. The summed E-state index contributed by atoms with van der Waals surface area (Å²) in [6, 6.07) is 11.1. The number of nitrogens with one attached hydrogen (secondary N) is 1. The summed E-state index contributed by atoms with van der Waals surface area (Å²) >= 11 is 2.78. The van der Waals surface area contributed by atoms with Crippen molar-refractivity contribution >= 4 is 34.1 Å². The van der Waals surface area contributed by atoms with Gasteiger partial charge in [0.05, 0.1) is 0 Å². The minimum Gasteiger partial charge on any atom is -0.355 e. The first-order chi connectivity index (χ1) is 10.3. The lowest BCUT2D eigenvalue weighted by Gasteiger charge is -1.94. The van der Waals surface area contributed by atoms with E-state index in [0.29, 0.717) is 10.9 Å². The second-order valence-electron chi connectivity index (χ2n) is 3.97. The number of rotatable bonds is 4. The van der Waals surface area contributed by atoms with Crippen molar-refractivity contribution in [1.82, 2.24) is 15.4 Å². The molecule has 6 nitrogen and oxygen atoms in total. The van der Waals surface area contributed by atoms with Crippen molar-refractivity contribution in [3.8, 4) is 11.3 Å². The standard InChI is InChI=1S/C13H10N4O2S2/c1-20-13-16-15-12(21-13)14-11(18)9-7-10(19-17-9)8-5-3-2-4-6-8/h2-7H,1H3,(H,14,15,18). The van der Waals surface area contributed by atoms with Gasteiger partial charge in [-0.05, 0) is 6.26 Å². The Balaban J connectivity index is 1.75. The van der Waals surface area contributed by atoms with Crippen LogP contribution in [0.15, 0.2) is 45.3 Å². The van der Waals surface area contributed by atoms with Gasteiger partial charge in [-0.3, -0.25) is 10.1 Å². The molecule has 0 spiro atoms. The number of benzene rings is 1. The molecule has 2 aromatic heterocycles. The lowest BCUT2D eigenvalue weighted by Crippen LogP contribution is -2.11. The highest BCUT2D eigenvalue weighted by Gasteiger charge is 2.15. The Morgan fingerprint density at radius 3 is 2.81 bits per heavy atom. The first kappa shape index (κ1) is 13.8. The molecule has 0 atom stereocenters. The summed E-state index contributed by atoms with van der Waals surface area (Å²) in [7, 11) is 0. The molecule has 0 saturated carbocycles. The third-order valence-corrected chi connectivity index (χ3v) is 4.42. The molecular weight excluding hydrogens is 308 g/mol. The molecule has 1 N–H and O–H groups in total. The van der Waals surface area contributed by atoms with Gasteiger partial charge in [0.15, 0.2) is 15.8 Å². The van der Waals surface area contributed by atoms with E-state index in [1.807, 2.05) is 36.6 Å². The van der Waals surface area contributed by atoms with Crippen LogP contribution >= 0.6 is 23.1 Å². The predicted octanol–water partition coefficient (Wildman–Crippen LogP) is 3.17. The smallest absolute Gasteiger partial charge is 0.279 e. The largest absolute Gasteiger partial charge is 0.355 e. The molecule has 8 heteroatoms. The quantitative estimate of drug-likeness (QED) is 0.588. The van der Waals surface area contributed by atoms with Gasteiger partial charge >= 0.3 is 0 Å². The Kier molecular flexibility index (Phi) is 3.98. The summed E-state index contributed by atoms with van der Waals surface area (Å²) in [5.74, 6) is 0.174. The number of nitrogens with zero attached hydrogens (tertiary/aromatic N) is 3. The molecule has 0 unspecified atom stereocenters. The second kappa shape index (κ2) is 6.06. The van der Waals surface area contributed by atoms with Gasteiger partial charge in [-0.25, -0.2) is 0 Å². The molecule has 3 rings (SSSR count). The van der Waals surface area contributed by atoms with Gasteiger partial charge in [-0.1, -0.05) is 58.6 Å². The van der Waals surface area contributed by atoms with E-state index in [2.05, 4.69) is 20.7 Å². The van der Waals surface area contributed by atoms with E-state index in [1.54, 1.807) is 6.07 Å². The Morgan fingerprint density at radius 1 is 1.29 bits per heavy atom. The van der Waals surface area contributed by atoms with Crippen LogP contribution in [-0.2, 0) is 0 Å². The maximum atomic E-state index is 12.1. The molecular formula is C13H10N4O2S2. The molecule has 0 saturated heterocycles. The van der Waals surface area contributed by atoms with Crippen LogP contribution in [0.2, 0.25) is 0 Å². The van der Waals surface area contributed by atoms with Crippen molar-refractivity contribution < 1.29 is 9.32 Å². The monoisotopic (exact) mass is 318 g/mol. The lowest BCUT2D eigenvalue weighted by molar-refractivity contribution is 0.101. The molecule has 1 amide bonds. The fraction of sp³-hybridized carbons (Fsp3) is 0.0769. The Labute approximate surface area is 128 Å². The molecule has 1 aromatic carbocycles. The number of aromatic nitrogens is 3. The van der Waals surface area contributed by atoms with Gasteiger partial charge in [0.1, 0.15) is 0 Å². The molecule has 2 heterocycles. The van der Waals surface area contributed by atoms with Gasteiger partial charge in [-0.15, -0.1) is 10.2 Å². The average Bonchev–Trinajstić information content (AvgIpc) is 3.17. The summed E-state index contributed by atoms with van der Waals surface area (Å²) in [6.07, 6.45) is 1.90. The fourth-order valence-electron chi connectivity index (χ4n) is 1.62. The molecule has 0 aliphatic carbocycles. The van der Waals surface area contributed by atoms with E-state index in [0.717, 1.165) is 9.90 Å². The van der Waals surface area contributed by atoms with Crippen molar-refractivity contribution in [2.24, 2.45) is 0 Å². The molecule has 0 bridgehead atoms. The van der Waals surface area contributed by atoms with Crippen molar-refractivity contribution in [2.45, 2.75) is 4.34 Å². The maximum Gasteiger partial charge on any atom is 0.279 e. The highest BCUT2D eigenvalue weighted by molar-refractivity contribution is 8.00. The van der Waals surface area contributed by atoms with Gasteiger partial charge in [0.2, 0.25) is 5.13 Å². The maximum absolute atomic E-state index is 12.1. The number of thioether (sulfide) groups is 1. The zero-order valence-electron chi connectivity index (χ0n) is 10.9. The zero-order chi connectivity index (χ0) is 14.7. The number of carbonyl (C=O) groups excluding carboxylic acids is 1. The van der Waals surface area contributed by atoms with Crippen LogP contribution in [0.1, 0.15) is 10.5 Å². The molecule has 21 heavy (non-hydrogen) atoms. The Hall–Kier alpha value is -2.19. The summed E-state index contributed by atoms with van der Waals surface area (Å²) < 4.78 is 5.98. The first-order valence-corrected chi connectivity index (χ1v) is 8.01. The van der Waals surface area contributed by atoms with E-state index >= 15 is 0 Å². The van der Waals surface area contributed by atoms with Gasteiger partial charge in [0, 0.05) is 11.6 Å². The number of hydrogen-bond acceptors (Lipinski definition) is 7. The summed E-state index contributed by atoms with van der Waals surface area (Å²) in [5.41, 5.74) is 1.07. The number of carbonyl (C=O) groups is 1. The van der Waals surface area contributed by atoms with Crippen LogP contribution in [0.3, 0.4) is 0 Å². The second-order valence-corrected chi connectivity index (χ2v) is 6.00. The molecule has 0 radical (unpaired) electrons. The van der Waals surface area contributed by atoms with Crippen molar-refractivity contribution in [2.75, 3.05) is 11.6 Å². The van der Waals surface area contributed by atoms with Crippen LogP contribution in [0.5, 0.6) is 0 Å². The van der Waals surface area contributed by atoms with E-state index in [9.17, 15) is 4.79 Å². The number of anilines is 1. The van der Waals surface area contributed by atoms with Gasteiger partial charge in [0.25, 0.3) is 5.91 Å². The van der Waals surface area contributed by atoms with Crippen molar-refractivity contribution in [1.29, 1.82) is 0 Å². The predicted molar refractivity (Wildman–Crippen MR) is 81.6 cm³/mol. The summed E-state index contributed by atoms with van der Waals surface area (Å²) in [4.78, 5) is 12.1. The minimum atomic E-state index is -0.371. The van der Waals surface area contributed by atoms with Crippen LogP contribution in [-0.4, -0.2) is 27.5 Å². The van der Waals surface area contributed by atoms with Gasteiger partial charge < -0.3 is 4.52 Å². The topological polar surface area (TPSA) is 80.9 Å². The molecule has 0 aliphatic rings. The zero-order valence-corrected chi connectivity index (χ0v) is 12.6. The Morgan fingerprint density at radius 2 is 2.10 bits per heavy atom. The molecule has 0 aliphatic heterocycles. The van der Waals surface area contributed by atoms with Crippen LogP contribution in [0.4, 0.5) is 5.13 Å². The van der Waals surface area contributed by atoms with E-state index in [-0.39, 0.29) is 11.6 Å². The molecule has 106 valence electrons. The first-order valence-electron chi connectivity index (χ1n) is 5.97. The number of amides is 1. The van der Waals surface area contributed by atoms with Crippen molar-refractivity contribution in [3.05, 3.63) is 42.1 Å². The van der Waals surface area contributed by atoms with E-state index in [4.69, 9.17) is 4.52 Å². The lowest BCUT2D eigenvalue weighted by atomic mass is 10.1. The molecule has 0 fully saturated rings. The minimum absolute atomic E-state index is 0.203. The van der Waals surface area contributed by atoms with Crippen LogP contribution < -0.4 is 5.32 Å². The van der Waals surface area contributed by atoms with Crippen LogP contribution in [0, 0.1) is 0 Å². The average molecular weight is 318 g/mol. The molecule has 3 aromatic rings. The van der Waals surface area contributed by atoms with Crippen molar-refractivity contribution in [3.63, 3.8) is 0 Å². The normalized spacial score (nSPS) is 10.5. The summed E-state index contributed by atoms with van der Waals surface area (Å²) in [6.45, 7) is 0. The summed E-state index contributed by atoms with van der Waals surface area (Å²) in [5, 5.41) is 14.6. The van der Waals surface area contributed by atoms with E-state index < -0.39 is 0 Å². The fourth-order valence-corrected chi connectivity index (χ4v) is 2.79. The van der Waals surface area contributed by atoms with Crippen LogP contribution in [0.25, 0.3) is 11.3 Å². The highest BCUT2D eigenvalue weighted by Crippen LogP contribution is 2.24. The van der Waals surface area contributed by atoms with E-state index in [1.165, 1.54) is 23.1 Å². The number of hydrogen-bond donors (Lipinski definition) is 1. The third kappa shape index (κ3) is 3.11. The third-order valence-electron chi connectivity index (χ3n) is 2.60. The SMILES string of the molecule is CSc1nnc(NC(=O)c2cc(-c3ccccc3)on2)s1. The van der Waals surface area contributed by atoms with Gasteiger partial charge in [-0.2, -0.15) is 0 Å². The highest BCUT2D eigenvalue weighted by atomic mass is 32.2.